The molecular weight excluding hydrogens is 504 g/mol. The summed E-state index contributed by atoms with van der Waals surface area (Å²) in [5, 5.41) is 30.2. The van der Waals surface area contributed by atoms with Crippen LogP contribution >= 0.6 is 0 Å². The van der Waals surface area contributed by atoms with E-state index in [2.05, 4.69) is 121 Å². The minimum Gasteiger partial charge on any atom is -0.0610 e. The second-order valence-corrected chi connectivity index (χ2v) is 12.4. The van der Waals surface area contributed by atoms with E-state index >= 15 is 0 Å². The molecule has 0 radical (unpaired) electrons. The number of hydrogen-bond donors (Lipinski definition) is 0. The van der Waals surface area contributed by atoms with Gasteiger partial charge in [0, 0.05) is 0 Å². The molecule has 0 saturated heterocycles. The van der Waals surface area contributed by atoms with Gasteiger partial charge in [-0.15, -0.1) is 0 Å². The van der Waals surface area contributed by atoms with E-state index in [0.717, 1.165) is 0 Å². The van der Waals surface area contributed by atoms with Crippen molar-refractivity contribution in [2.45, 2.75) is 0 Å². The molecule has 0 fully saturated rings. The molecule has 12 aromatic carbocycles. The monoisotopic (exact) mass is 524 g/mol. The molecule has 0 N–H and O–H groups in total. The molecule has 0 aliphatic rings. The lowest BCUT2D eigenvalue weighted by Gasteiger charge is -2.00. The molecule has 0 bridgehead atoms. The Morgan fingerprint density at radius 1 is 0.190 bits per heavy atom. The van der Waals surface area contributed by atoms with E-state index in [4.69, 9.17) is 0 Å². The van der Waals surface area contributed by atoms with Gasteiger partial charge >= 0.3 is 0 Å². The van der Waals surface area contributed by atoms with E-state index < -0.39 is 0 Å². The Morgan fingerprint density at radius 2 is 0.429 bits per heavy atom. The van der Waals surface area contributed by atoms with Gasteiger partial charge in [-0.2, -0.15) is 0 Å². The minimum absolute atomic E-state index is 1.33. The molecule has 0 aromatic heterocycles. The van der Waals surface area contributed by atoms with Crippen molar-refractivity contribution >= 4 is 118 Å². The molecule has 0 heterocycles. The molecule has 188 valence electrons. The van der Waals surface area contributed by atoms with Crippen molar-refractivity contribution in [3.8, 4) is 0 Å². The lowest BCUT2D eigenvalue weighted by Crippen LogP contribution is -1.72. The molecule has 0 aliphatic heterocycles. The summed E-state index contributed by atoms with van der Waals surface area (Å²) in [5.41, 5.74) is 0. The first kappa shape index (κ1) is 20.4. The third kappa shape index (κ3) is 2.08. The molecule has 12 aromatic rings. The second kappa shape index (κ2) is 6.54. The standard InChI is InChI=1S/C42H20/c1-5-21-6-2-10-24-32-18-36-28-15-16-30-38-20-34-26-12-4-8-22-7-3-11-25(40(22)26)33(34)19-37(38)29-14-13-27(41(28)42(29)30)35(36)17-31(32)23(9-1)39(21)24/h1-20H. The topological polar surface area (TPSA) is 0 Å². The fourth-order valence-electron chi connectivity index (χ4n) is 8.96. The lowest BCUT2D eigenvalue weighted by atomic mass is 10.0. The maximum atomic E-state index is 2.48. The zero-order chi connectivity index (χ0) is 26.8. The molecule has 0 heteroatoms. The van der Waals surface area contributed by atoms with Crippen LogP contribution in [0.1, 0.15) is 0 Å². The molecule has 0 saturated carbocycles. The summed E-state index contributed by atoms with van der Waals surface area (Å²) >= 11 is 0. The van der Waals surface area contributed by atoms with Gasteiger partial charge < -0.3 is 0 Å². The Hall–Kier alpha value is -5.46. The van der Waals surface area contributed by atoms with E-state index in [1.807, 2.05) is 0 Å². The molecule has 0 atom stereocenters. The Morgan fingerprint density at radius 3 is 0.690 bits per heavy atom. The van der Waals surface area contributed by atoms with Crippen LogP contribution in [0.4, 0.5) is 0 Å². The molecular formula is C42H20. The zero-order valence-corrected chi connectivity index (χ0v) is 22.5. The maximum absolute atomic E-state index is 2.48. The van der Waals surface area contributed by atoms with Crippen molar-refractivity contribution in [1.29, 1.82) is 0 Å². The van der Waals surface area contributed by atoms with Crippen molar-refractivity contribution in [1.82, 2.24) is 0 Å². The average molecular weight is 525 g/mol. The first-order chi connectivity index (χ1) is 20.8. The van der Waals surface area contributed by atoms with Crippen LogP contribution in [-0.2, 0) is 0 Å². The highest BCUT2D eigenvalue weighted by atomic mass is 14.2. The predicted molar refractivity (Wildman–Crippen MR) is 184 cm³/mol. The Balaban J connectivity index is 1.27. The number of fused-ring (bicyclic) bond motifs is 12. The van der Waals surface area contributed by atoms with Crippen LogP contribution in [0.5, 0.6) is 0 Å². The molecule has 42 heavy (non-hydrogen) atoms. The molecule has 0 amide bonds. The molecule has 0 aliphatic carbocycles. The highest BCUT2D eigenvalue weighted by Crippen LogP contribution is 2.50. The second-order valence-electron chi connectivity index (χ2n) is 12.4. The van der Waals surface area contributed by atoms with Gasteiger partial charge in [0.15, 0.2) is 0 Å². The predicted octanol–water partition coefficient (Wildman–Crippen LogP) is 12.1. The van der Waals surface area contributed by atoms with Crippen molar-refractivity contribution in [3.05, 3.63) is 121 Å². The third-order valence-electron chi connectivity index (χ3n) is 10.6. The average Bonchev–Trinajstić information content (AvgIpc) is 3.73. The zero-order valence-electron chi connectivity index (χ0n) is 22.5. The van der Waals surface area contributed by atoms with Crippen molar-refractivity contribution in [3.63, 3.8) is 0 Å². The Bertz CT molecular complexity index is 2690. The highest BCUT2D eigenvalue weighted by molar-refractivity contribution is 6.45. The van der Waals surface area contributed by atoms with Crippen molar-refractivity contribution < 1.29 is 0 Å². The summed E-state index contributed by atoms with van der Waals surface area (Å²) in [6.07, 6.45) is 0. The fraction of sp³-hybridized carbons (Fsp3) is 0. The number of rotatable bonds is 0. The summed E-state index contributed by atoms with van der Waals surface area (Å²) < 4.78 is 0. The van der Waals surface area contributed by atoms with Gasteiger partial charge in [-0.25, -0.2) is 0 Å². The van der Waals surface area contributed by atoms with E-state index in [-0.39, 0.29) is 0 Å². The smallest absolute Gasteiger partial charge is 0.00139 e. The van der Waals surface area contributed by atoms with Crippen LogP contribution in [0, 0.1) is 0 Å². The van der Waals surface area contributed by atoms with Gasteiger partial charge in [-0.3, -0.25) is 0 Å². The van der Waals surface area contributed by atoms with Gasteiger partial charge in [0.2, 0.25) is 0 Å². The Labute approximate surface area is 239 Å². The summed E-state index contributed by atoms with van der Waals surface area (Å²) in [7, 11) is 0. The molecule has 0 spiro atoms. The van der Waals surface area contributed by atoms with Crippen molar-refractivity contribution in [2.24, 2.45) is 0 Å². The van der Waals surface area contributed by atoms with Crippen LogP contribution in [0.15, 0.2) is 121 Å². The van der Waals surface area contributed by atoms with Gasteiger partial charge in [0.25, 0.3) is 0 Å². The summed E-state index contributed by atoms with van der Waals surface area (Å²) in [4.78, 5) is 0. The van der Waals surface area contributed by atoms with Crippen LogP contribution < -0.4 is 0 Å². The summed E-state index contributed by atoms with van der Waals surface area (Å²) in [5.74, 6) is 0. The lowest BCUT2D eigenvalue weighted by molar-refractivity contribution is 1.85. The minimum atomic E-state index is 1.33. The molecule has 12 rings (SSSR count). The van der Waals surface area contributed by atoms with Gasteiger partial charge in [0.1, 0.15) is 0 Å². The van der Waals surface area contributed by atoms with Crippen LogP contribution in [0.25, 0.3) is 118 Å². The molecule has 0 unspecified atom stereocenters. The van der Waals surface area contributed by atoms with E-state index in [9.17, 15) is 0 Å². The van der Waals surface area contributed by atoms with Gasteiger partial charge in [-0.1, -0.05) is 97.1 Å². The van der Waals surface area contributed by atoms with Gasteiger partial charge in [0.05, 0.1) is 0 Å². The van der Waals surface area contributed by atoms with E-state index in [1.54, 1.807) is 0 Å². The van der Waals surface area contributed by atoms with E-state index in [0.29, 0.717) is 0 Å². The molecule has 0 nitrogen and oxygen atoms in total. The third-order valence-corrected chi connectivity index (χ3v) is 10.6. The SMILES string of the molecule is c1cc2cccc3c4cc5c(cc4c(c1)c23)c1ccc2c3cc4c(cc3c3ccc5c1c23)c1cccc2cccc4c21. The van der Waals surface area contributed by atoms with Crippen LogP contribution in [0.3, 0.4) is 0 Å². The van der Waals surface area contributed by atoms with E-state index in [1.165, 1.54) is 118 Å². The first-order valence-corrected chi connectivity index (χ1v) is 14.9. The quantitative estimate of drug-likeness (QED) is 0.185. The number of hydrogen-bond acceptors (Lipinski definition) is 0. The first-order valence-electron chi connectivity index (χ1n) is 14.9. The largest absolute Gasteiger partial charge is 0.0610 e. The normalized spacial score (nSPS) is 13.2. The maximum Gasteiger partial charge on any atom is -0.00139 e. The summed E-state index contributed by atoms with van der Waals surface area (Å²) in [6, 6.07) is 46.4. The summed E-state index contributed by atoms with van der Waals surface area (Å²) in [6.45, 7) is 0. The van der Waals surface area contributed by atoms with Crippen molar-refractivity contribution in [2.75, 3.05) is 0 Å². The van der Waals surface area contributed by atoms with Gasteiger partial charge in [-0.05, 0) is 143 Å². The highest BCUT2D eigenvalue weighted by Gasteiger charge is 2.22. The fourth-order valence-corrected chi connectivity index (χ4v) is 8.96. The van der Waals surface area contributed by atoms with Crippen LogP contribution in [0.2, 0.25) is 0 Å². The Kier molecular flexibility index (Phi) is 3.18. The number of benzene rings is 8. The van der Waals surface area contributed by atoms with Crippen LogP contribution in [-0.4, -0.2) is 0 Å².